The lowest BCUT2D eigenvalue weighted by Gasteiger charge is -2.14. The fourth-order valence-corrected chi connectivity index (χ4v) is 2.06. The summed E-state index contributed by atoms with van der Waals surface area (Å²) in [7, 11) is 0. The van der Waals surface area contributed by atoms with Crippen LogP contribution in [-0.2, 0) is 4.79 Å². The van der Waals surface area contributed by atoms with E-state index in [1.165, 1.54) is 6.07 Å². The van der Waals surface area contributed by atoms with Crippen LogP contribution < -0.4 is 10.6 Å². The predicted octanol–water partition coefficient (Wildman–Crippen LogP) is 1.54. The molecule has 2 amide bonds. The van der Waals surface area contributed by atoms with E-state index in [9.17, 15) is 23.5 Å². The highest BCUT2D eigenvalue weighted by Crippen LogP contribution is 2.19. The zero-order valence-corrected chi connectivity index (χ0v) is 12.6. The SMILES string of the molecule is O=C(CNC(=O)c1ccccc1)NC[C@@H](O)c1c(F)cccc1F. The summed E-state index contributed by atoms with van der Waals surface area (Å²) < 4.78 is 27.0. The summed E-state index contributed by atoms with van der Waals surface area (Å²) in [4.78, 5) is 23.4. The van der Waals surface area contributed by atoms with Crippen molar-refractivity contribution in [1.82, 2.24) is 10.6 Å². The summed E-state index contributed by atoms with van der Waals surface area (Å²) in [6, 6.07) is 11.5. The number of amides is 2. The molecule has 2 aromatic carbocycles. The second kappa shape index (κ2) is 8.16. The summed E-state index contributed by atoms with van der Waals surface area (Å²) >= 11 is 0. The van der Waals surface area contributed by atoms with E-state index in [1.54, 1.807) is 30.3 Å². The Hall–Kier alpha value is -2.80. The fourth-order valence-electron chi connectivity index (χ4n) is 2.06. The van der Waals surface area contributed by atoms with E-state index in [2.05, 4.69) is 10.6 Å². The summed E-state index contributed by atoms with van der Waals surface area (Å²) in [6.45, 7) is -0.696. The Bertz CT molecular complexity index is 703. The van der Waals surface area contributed by atoms with Crippen molar-refractivity contribution in [2.24, 2.45) is 0 Å². The number of nitrogens with one attached hydrogen (secondary N) is 2. The van der Waals surface area contributed by atoms with Gasteiger partial charge in [0.15, 0.2) is 0 Å². The first-order valence-corrected chi connectivity index (χ1v) is 7.21. The van der Waals surface area contributed by atoms with Crippen molar-refractivity contribution >= 4 is 11.8 Å². The zero-order chi connectivity index (χ0) is 17.5. The summed E-state index contributed by atoms with van der Waals surface area (Å²) in [5.41, 5.74) is -0.107. The topological polar surface area (TPSA) is 78.4 Å². The van der Waals surface area contributed by atoms with Gasteiger partial charge < -0.3 is 15.7 Å². The second-order valence-electron chi connectivity index (χ2n) is 5.00. The highest BCUT2D eigenvalue weighted by Gasteiger charge is 2.18. The van der Waals surface area contributed by atoms with Gasteiger partial charge >= 0.3 is 0 Å². The second-order valence-corrected chi connectivity index (χ2v) is 5.00. The average Bonchev–Trinajstić information content (AvgIpc) is 2.58. The van der Waals surface area contributed by atoms with Crippen LogP contribution in [0.4, 0.5) is 8.78 Å². The zero-order valence-electron chi connectivity index (χ0n) is 12.6. The van der Waals surface area contributed by atoms with E-state index in [0.717, 1.165) is 12.1 Å². The molecule has 2 aromatic rings. The Morgan fingerprint density at radius 3 is 2.21 bits per heavy atom. The van der Waals surface area contributed by atoms with Crippen LogP contribution in [0.2, 0.25) is 0 Å². The van der Waals surface area contributed by atoms with E-state index in [1.807, 2.05) is 0 Å². The van der Waals surface area contributed by atoms with Crippen molar-refractivity contribution in [3.8, 4) is 0 Å². The molecule has 3 N–H and O–H groups in total. The van der Waals surface area contributed by atoms with Gasteiger partial charge in [0.05, 0.1) is 12.1 Å². The van der Waals surface area contributed by atoms with Crippen LogP contribution in [-0.4, -0.2) is 30.0 Å². The van der Waals surface area contributed by atoms with Crippen LogP contribution >= 0.6 is 0 Å². The first-order chi connectivity index (χ1) is 11.5. The molecule has 7 heteroatoms. The molecule has 0 radical (unpaired) electrons. The molecule has 0 aliphatic rings. The number of halogens is 2. The molecule has 2 rings (SSSR count). The predicted molar refractivity (Wildman–Crippen MR) is 83.1 cm³/mol. The quantitative estimate of drug-likeness (QED) is 0.750. The monoisotopic (exact) mass is 334 g/mol. The number of hydrogen-bond donors (Lipinski definition) is 3. The van der Waals surface area contributed by atoms with Gasteiger partial charge in [0.25, 0.3) is 5.91 Å². The third kappa shape index (κ3) is 4.60. The normalized spacial score (nSPS) is 11.6. The third-order valence-electron chi connectivity index (χ3n) is 3.27. The van der Waals surface area contributed by atoms with Crippen molar-refractivity contribution in [2.75, 3.05) is 13.1 Å². The van der Waals surface area contributed by atoms with Gasteiger partial charge in [0.1, 0.15) is 17.7 Å². The van der Waals surface area contributed by atoms with Crippen LogP contribution in [0.1, 0.15) is 22.0 Å². The highest BCUT2D eigenvalue weighted by atomic mass is 19.1. The molecule has 1 atom stereocenters. The van der Waals surface area contributed by atoms with Gasteiger partial charge in [-0.1, -0.05) is 24.3 Å². The van der Waals surface area contributed by atoms with E-state index in [0.29, 0.717) is 5.56 Å². The largest absolute Gasteiger partial charge is 0.386 e. The van der Waals surface area contributed by atoms with Gasteiger partial charge in [-0.2, -0.15) is 0 Å². The van der Waals surface area contributed by atoms with E-state index in [4.69, 9.17) is 0 Å². The molecule has 0 aliphatic carbocycles. The standard InChI is InChI=1S/C17H16F2N2O3/c18-12-7-4-8-13(19)16(12)14(22)9-20-15(23)10-21-17(24)11-5-2-1-3-6-11/h1-8,14,22H,9-10H2,(H,20,23)(H,21,24)/t14-/m1/s1. The maximum atomic E-state index is 13.5. The van der Waals surface area contributed by atoms with Crippen LogP contribution in [0.25, 0.3) is 0 Å². The Labute approximate surface area is 137 Å². The fraction of sp³-hybridized carbons (Fsp3) is 0.176. The molecule has 0 saturated carbocycles. The molecule has 0 spiro atoms. The van der Waals surface area contributed by atoms with Crippen molar-refractivity contribution in [1.29, 1.82) is 0 Å². The molecule has 126 valence electrons. The number of benzene rings is 2. The molecular formula is C17H16F2N2O3. The summed E-state index contributed by atoms with van der Waals surface area (Å²) in [5.74, 6) is -2.80. The van der Waals surface area contributed by atoms with Crippen molar-refractivity contribution < 1.29 is 23.5 Å². The molecule has 0 aliphatic heterocycles. The third-order valence-corrected chi connectivity index (χ3v) is 3.27. The van der Waals surface area contributed by atoms with E-state index >= 15 is 0 Å². The van der Waals surface area contributed by atoms with Crippen LogP contribution in [0, 0.1) is 11.6 Å². The molecule has 0 fully saturated rings. The minimum absolute atomic E-state index is 0.319. The van der Waals surface area contributed by atoms with Crippen LogP contribution in [0.3, 0.4) is 0 Å². The summed E-state index contributed by atoms with van der Waals surface area (Å²) in [6.07, 6.45) is -1.53. The van der Waals surface area contributed by atoms with Crippen LogP contribution in [0.5, 0.6) is 0 Å². The molecule has 0 saturated heterocycles. The van der Waals surface area contributed by atoms with Gasteiger partial charge in [-0.05, 0) is 24.3 Å². The number of carbonyl (C=O) groups is 2. The number of rotatable bonds is 6. The Morgan fingerprint density at radius 1 is 0.958 bits per heavy atom. The Kier molecular flexibility index (Phi) is 5.97. The van der Waals surface area contributed by atoms with Gasteiger partial charge in [0.2, 0.25) is 5.91 Å². The number of aliphatic hydroxyl groups is 1. The van der Waals surface area contributed by atoms with Crippen molar-refractivity contribution in [2.45, 2.75) is 6.10 Å². The smallest absolute Gasteiger partial charge is 0.251 e. The number of hydrogen-bond acceptors (Lipinski definition) is 3. The molecule has 0 heterocycles. The first-order valence-electron chi connectivity index (χ1n) is 7.21. The summed E-state index contributed by atoms with van der Waals surface area (Å²) in [5, 5.41) is 14.5. The molecule has 0 bridgehead atoms. The maximum absolute atomic E-state index is 13.5. The average molecular weight is 334 g/mol. The molecule has 0 aromatic heterocycles. The Balaban J connectivity index is 1.82. The van der Waals surface area contributed by atoms with E-state index in [-0.39, 0.29) is 13.1 Å². The van der Waals surface area contributed by atoms with Crippen molar-refractivity contribution in [3.05, 3.63) is 71.3 Å². The van der Waals surface area contributed by atoms with Gasteiger partial charge in [-0.3, -0.25) is 9.59 Å². The van der Waals surface area contributed by atoms with Crippen LogP contribution in [0.15, 0.2) is 48.5 Å². The van der Waals surface area contributed by atoms with Gasteiger partial charge in [-0.25, -0.2) is 8.78 Å². The number of carbonyl (C=O) groups excluding carboxylic acids is 2. The lowest BCUT2D eigenvalue weighted by molar-refractivity contribution is -0.120. The molecule has 24 heavy (non-hydrogen) atoms. The maximum Gasteiger partial charge on any atom is 0.251 e. The minimum Gasteiger partial charge on any atom is -0.386 e. The molecule has 5 nitrogen and oxygen atoms in total. The lowest BCUT2D eigenvalue weighted by Crippen LogP contribution is -2.38. The minimum atomic E-state index is -1.53. The molecular weight excluding hydrogens is 318 g/mol. The van der Waals surface area contributed by atoms with Gasteiger partial charge in [0, 0.05) is 12.1 Å². The lowest BCUT2D eigenvalue weighted by atomic mass is 10.1. The van der Waals surface area contributed by atoms with E-state index < -0.39 is 35.1 Å². The Morgan fingerprint density at radius 2 is 1.58 bits per heavy atom. The van der Waals surface area contributed by atoms with Crippen molar-refractivity contribution in [3.63, 3.8) is 0 Å². The first kappa shape index (κ1) is 17.6. The van der Waals surface area contributed by atoms with Gasteiger partial charge in [-0.15, -0.1) is 0 Å². The highest BCUT2D eigenvalue weighted by molar-refractivity contribution is 5.96. The number of aliphatic hydroxyl groups excluding tert-OH is 1. The molecule has 0 unspecified atom stereocenters.